The number of benzene rings is 1. The van der Waals surface area contributed by atoms with Gasteiger partial charge in [0.2, 0.25) is 0 Å². The quantitative estimate of drug-likeness (QED) is 0.584. The minimum atomic E-state index is -0.252. The maximum Gasteiger partial charge on any atom is 0.338 e. The summed E-state index contributed by atoms with van der Waals surface area (Å²) in [6, 6.07) is 7.33. The zero-order chi connectivity index (χ0) is 12.6. The van der Waals surface area contributed by atoms with Crippen molar-refractivity contribution in [2.24, 2.45) is 0 Å². The molecule has 1 aromatic carbocycles. The summed E-state index contributed by atoms with van der Waals surface area (Å²) in [5.74, 6) is -0.252. The molecule has 0 aliphatic carbocycles. The molecule has 1 rings (SSSR count). The lowest BCUT2D eigenvalue weighted by molar-refractivity contribution is 0.0526. The number of hydrogen-bond donors (Lipinski definition) is 0. The number of aryl methyl sites for hydroxylation is 1. The molecule has 90 valence electrons. The summed E-state index contributed by atoms with van der Waals surface area (Å²) >= 11 is 0. The number of esters is 1. The lowest BCUT2D eigenvalue weighted by atomic mass is 10.1. The van der Waals surface area contributed by atoms with Crippen LogP contribution in [-0.4, -0.2) is 21.4 Å². The van der Waals surface area contributed by atoms with Crippen molar-refractivity contribution in [2.75, 3.05) is 6.61 Å². The highest BCUT2D eigenvalue weighted by Crippen LogP contribution is 2.04. The summed E-state index contributed by atoms with van der Waals surface area (Å²) in [5, 5.41) is 0. The van der Waals surface area contributed by atoms with E-state index in [9.17, 15) is 4.79 Å². The van der Waals surface area contributed by atoms with E-state index in [2.05, 4.69) is 19.6 Å². The van der Waals surface area contributed by atoms with Crippen molar-refractivity contribution < 1.29 is 9.53 Å². The smallest absolute Gasteiger partial charge is 0.338 e. The van der Waals surface area contributed by atoms with E-state index in [0.717, 1.165) is 5.56 Å². The van der Waals surface area contributed by atoms with Crippen molar-refractivity contribution in [3.8, 4) is 0 Å². The second kappa shape index (κ2) is 8.10. The molecule has 0 saturated heterocycles. The van der Waals surface area contributed by atoms with Crippen molar-refractivity contribution in [1.82, 2.24) is 0 Å². The van der Waals surface area contributed by atoms with Gasteiger partial charge in [-0.05, 0) is 26.0 Å². The van der Waals surface area contributed by atoms with Gasteiger partial charge in [-0.25, -0.2) is 4.79 Å². The van der Waals surface area contributed by atoms with Gasteiger partial charge in [0, 0.05) is 8.80 Å². The fraction of sp³-hybridized carbons (Fsp3) is 0.462. The van der Waals surface area contributed by atoms with E-state index in [0.29, 0.717) is 12.2 Å². The van der Waals surface area contributed by atoms with E-state index in [-0.39, 0.29) is 14.8 Å². The Morgan fingerprint density at radius 1 is 1.19 bits per heavy atom. The summed E-state index contributed by atoms with van der Waals surface area (Å²) in [6.45, 7) is 11.1. The molecule has 0 amide bonds. The van der Waals surface area contributed by atoms with E-state index >= 15 is 0 Å². The minimum Gasteiger partial charge on any atom is -0.462 e. The van der Waals surface area contributed by atoms with E-state index < -0.39 is 0 Å². The molecule has 0 N–H and O–H groups in total. The first kappa shape index (κ1) is 14.9. The summed E-state index contributed by atoms with van der Waals surface area (Å²) in [4.78, 5) is 11.1. The molecule has 0 aromatic heterocycles. The van der Waals surface area contributed by atoms with E-state index in [1.807, 2.05) is 19.1 Å². The molecule has 0 fully saturated rings. The third-order valence-electron chi connectivity index (χ3n) is 1.56. The summed E-state index contributed by atoms with van der Waals surface area (Å²) < 4.78 is 4.83. The van der Waals surface area contributed by atoms with Crippen LogP contribution in [0.1, 0.15) is 22.8 Å². The second-order valence-electron chi connectivity index (χ2n) is 4.32. The maximum absolute atomic E-state index is 11.1. The van der Waals surface area contributed by atoms with Gasteiger partial charge in [-0.3, -0.25) is 0 Å². The van der Waals surface area contributed by atoms with Crippen molar-refractivity contribution >= 4 is 14.8 Å². The molecule has 2 nitrogen and oxygen atoms in total. The fourth-order valence-electron chi connectivity index (χ4n) is 0.904. The van der Waals surface area contributed by atoms with Crippen molar-refractivity contribution in [3.63, 3.8) is 0 Å². The topological polar surface area (TPSA) is 26.3 Å². The Morgan fingerprint density at radius 3 is 2.00 bits per heavy atom. The monoisotopic (exact) mass is 238 g/mol. The number of carbonyl (C=O) groups excluding carboxylic acids is 1. The van der Waals surface area contributed by atoms with Crippen molar-refractivity contribution in [3.05, 3.63) is 35.4 Å². The highest BCUT2D eigenvalue weighted by atomic mass is 28.3. The van der Waals surface area contributed by atoms with Crippen LogP contribution in [0.4, 0.5) is 0 Å². The predicted octanol–water partition coefficient (Wildman–Crippen LogP) is 3.27. The largest absolute Gasteiger partial charge is 0.462 e. The van der Waals surface area contributed by atoms with Gasteiger partial charge in [0.25, 0.3) is 0 Å². The molecule has 16 heavy (non-hydrogen) atoms. The standard InChI is InChI=1S/C10H12O2.C3H10Si/c1-3-12-10(11)9-6-4-8(2)5-7-9;1-4(2)3/h4-7H,3H2,1-2H3;4H,1-3H3. The van der Waals surface area contributed by atoms with Crippen LogP contribution in [0.15, 0.2) is 24.3 Å². The van der Waals surface area contributed by atoms with Gasteiger partial charge in [0.15, 0.2) is 0 Å². The minimum absolute atomic E-state index is 0.139. The molecule has 1 aromatic rings. The number of hydrogen-bond acceptors (Lipinski definition) is 2. The van der Waals surface area contributed by atoms with Crippen LogP contribution < -0.4 is 0 Å². The van der Waals surface area contributed by atoms with Crippen LogP contribution >= 0.6 is 0 Å². The SMILES string of the molecule is CCOC(=O)c1ccc(C)cc1.C[SiH](C)C. The van der Waals surface area contributed by atoms with Gasteiger partial charge in [-0.2, -0.15) is 0 Å². The number of carbonyl (C=O) groups is 1. The molecule has 0 heterocycles. The lowest BCUT2D eigenvalue weighted by Gasteiger charge is -2.00. The first-order valence-corrected chi connectivity index (χ1v) is 9.17. The highest BCUT2D eigenvalue weighted by Gasteiger charge is 2.03. The van der Waals surface area contributed by atoms with Crippen LogP contribution in [0, 0.1) is 6.92 Å². The Balaban J connectivity index is 0.000000487. The number of ether oxygens (including phenoxy) is 1. The van der Waals surface area contributed by atoms with E-state index in [1.165, 1.54) is 0 Å². The van der Waals surface area contributed by atoms with Gasteiger partial charge in [-0.1, -0.05) is 37.3 Å². The molecule has 0 unspecified atom stereocenters. The maximum atomic E-state index is 11.1. The Hall–Kier alpha value is -1.09. The average molecular weight is 238 g/mol. The van der Waals surface area contributed by atoms with Gasteiger partial charge < -0.3 is 4.74 Å². The van der Waals surface area contributed by atoms with E-state index in [1.54, 1.807) is 19.1 Å². The summed E-state index contributed by atoms with van der Waals surface area (Å²) in [5.41, 5.74) is 1.76. The van der Waals surface area contributed by atoms with Crippen LogP contribution in [0.5, 0.6) is 0 Å². The Kier molecular flexibility index (Phi) is 7.55. The fourth-order valence-corrected chi connectivity index (χ4v) is 0.904. The molecule has 0 aliphatic heterocycles. The molecular formula is C13H22O2Si. The molecular weight excluding hydrogens is 216 g/mol. The Morgan fingerprint density at radius 2 is 1.62 bits per heavy atom. The van der Waals surface area contributed by atoms with Gasteiger partial charge in [0.05, 0.1) is 12.2 Å². The lowest BCUT2D eigenvalue weighted by Crippen LogP contribution is -2.03. The van der Waals surface area contributed by atoms with Gasteiger partial charge in [0.1, 0.15) is 0 Å². The van der Waals surface area contributed by atoms with E-state index in [4.69, 9.17) is 4.74 Å². The average Bonchev–Trinajstić information content (AvgIpc) is 2.18. The molecule has 0 bridgehead atoms. The van der Waals surface area contributed by atoms with Gasteiger partial charge >= 0.3 is 5.97 Å². The summed E-state index contributed by atoms with van der Waals surface area (Å²) in [7, 11) is -0.139. The van der Waals surface area contributed by atoms with Gasteiger partial charge in [-0.15, -0.1) is 0 Å². The zero-order valence-corrected chi connectivity index (χ0v) is 12.1. The molecule has 0 radical (unpaired) electrons. The third kappa shape index (κ3) is 7.23. The van der Waals surface area contributed by atoms with Crippen LogP contribution in [-0.2, 0) is 4.74 Å². The number of rotatable bonds is 2. The van der Waals surface area contributed by atoms with Crippen LogP contribution in [0.3, 0.4) is 0 Å². The zero-order valence-electron chi connectivity index (χ0n) is 10.9. The molecule has 0 spiro atoms. The first-order valence-electron chi connectivity index (χ1n) is 5.71. The molecule has 0 atom stereocenters. The van der Waals surface area contributed by atoms with Crippen LogP contribution in [0.25, 0.3) is 0 Å². The van der Waals surface area contributed by atoms with Crippen molar-refractivity contribution in [2.45, 2.75) is 33.5 Å². The predicted molar refractivity (Wildman–Crippen MR) is 71.9 cm³/mol. The second-order valence-corrected chi connectivity index (χ2v) is 7.78. The first-order chi connectivity index (χ1) is 7.47. The van der Waals surface area contributed by atoms with Crippen LogP contribution in [0.2, 0.25) is 19.6 Å². The third-order valence-corrected chi connectivity index (χ3v) is 1.56. The normalized spacial score (nSPS) is 9.38. The highest BCUT2D eigenvalue weighted by molar-refractivity contribution is 6.54. The molecule has 0 aliphatic rings. The Bertz CT molecular complexity index is 301. The summed E-state index contributed by atoms with van der Waals surface area (Å²) in [6.07, 6.45) is 0. The molecule has 3 heteroatoms. The Labute approximate surface area is 100 Å². The molecule has 0 saturated carbocycles. The van der Waals surface area contributed by atoms with Crippen molar-refractivity contribution in [1.29, 1.82) is 0 Å².